The fourth-order valence-electron chi connectivity index (χ4n) is 3.48. The average molecular weight is 400 g/mol. The van der Waals surface area contributed by atoms with Crippen LogP contribution in [0.1, 0.15) is 73.6 Å². The third-order valence-electron chi connectivity index (χ3n) is 4.87. The fourth-order valence-corrected chi connectivity index (χ4v) is 4.33. The summed E-state index contributed by atoms with van der Waals surface area (Å²) in [6.07, 6.45) is 4.82. The second-order valence-electron chi connectivity index (χ2n) is 8.51. The highest BCUT2D eigenvalue weighted by atomic mass is 32.1. The third-order valence-corrected chi connectivity index (χ3v) is 5.82. The van der Waals surface area contributed by atoms with Crippen LogP contribution < -0.4 is 10.6 Å². The van der Waals surface area contributed by atoms with Crippen LogP contribution in [0.15, 0.2) is 35.7 Å². The number of carbonyl (C=O) groups is 2. The van der Waals surface area contributed by atoms with E-state index in [1.165, 1.54) is 11.3 Å². The molecule has 0 bridgehead atoms. The van der Waals surface area contributed by atoms with Crippen molar-refractivity contribution >= 4 is 23.2 Å². The molecule has 1 aliphatic rings. The summed E-state index contributed by atoms with van der Waals surface area (Å²) < 4.78 is 0. The monoisotopic (exact) mass is 399 g/mol. The first-order chi connectivity index (χ1) is 13.3. The van der Waals surface area contributed by atoms with Crippen LogP contribution in [0.25, 0.3) is 0 Å². The summed E-state index contributed by atoms with van der Waals surface area (Å²) in [4.78, 5) is 29.7. The molecule has 0 aliphatic heterocycles. The molecule has 0 radical (unpaired) electrons. The number of nitrogens with one attached hydrogen (secondary N) is 2. The van der Waals surface area contributed by atoms with E-state index in [4.69, 9.17) is 0 Å². The minimum atomic E-state index is -0.318. The molecule has 1 heterocycles. The highest BCUT2D eigenvalue weighted by Crippen LogP contribution is 2.28. The summed E-state index contributed by atoms with van der Waals surface area (Å²) in [5.41, 5.74) is 1.22. The Bertz CT molecular complexity index is 805. The van der Waals surface area contributed by atoms with E-state index in [1.807, 2.05) is 39.0 Å². The zero-order valence-electron chi connectivity index (χ0n) is 16.8. The van der Waals surface area contributed by atoms with Crippen molar-refractivity contribution in [2.24, 2.45) is 5.92 Å². The molecule has 2 aromatic rings. The van der Waals surface area contributed by atoms with Crippen LogP contribution in [-0.4, -0.2) is 22.3 Å². The van der Waals surface area contributed by atoms with Gasteiger partial charge in [0.15, 0.2) is 0 Å². The number of nitrogens with zero attached hydrogens (tertiary/aromatic N) is 1. The Morgan fingerprint density at radius 2 is 1.86 bits per heavy atom. The van der Waals surface area contributed by atoms with E-state index in [-0.39, 0.29) is 29.3 Å². The molecule has 1 aromatic carbocycles. The van der Waals surface area contributed by atoms with Crippen LogP contribution in [0, 0.1) is 5.92 Å². The lowest BCUT2D eigenvalue weighted by molar-refractivity contribution is -0.125. The average Bonchev–Trinajstić information content (AvgIpc) is 3.33. The van der Waals surface area contributed by atoms with Gasteiger partial charge in [0.05, 0.1) is 6.04 Å². The second kappa shape index (κ2) is 8.86. The highest BCUT2D eigenvalue weighted by Gasteiger charge is 2.27. The normalized spacial score (nSPS) is 16.0. The van der Waals surface area contributed by atoms with Gasteiger partial charge in [0.2, 0.25) is 5.91 Å². The molecular weight excluding hydrogens is 370 g/mol. The first-order valence-electron chi connectivity index (χ1n) is 9.94. The van der Waals surface area contributed by atoms with E-state index in [2.05, 4.69) is 27.8 Å². The van der Waals surface area contributed by atoms with Gasteiger partial charge in [0.1, 0.15) is 10.7 Å². The molecule has 1 saturated carbocycles. The minimum Gasteiger partial charge on any atom is -0.346 e. The summed E-state index contributed by atoms with van der Waals surface area (Å²) in [7, 11) is 0. The van der Waals surface area contributed by atoms with E-state index >= 15 is 0 Å². The molecule has 2 amide bonds. The molecule has 150 valence electrons. The first-order valence-corrected chi connectivity index (χ1v) is 10.8. The Morgan fingerprint density at radius 1 is 1.18 bits per heavy atom. The van der Waals surface area contributed by atoms with Crippen molar-refractivity contribution in [3.8, 4) is 0 Å². The van der Waals surface area contributed by atoms with Crippen molar-refractivity contribution in [1.82, 2.24) is 15.6 Å². The smallest absolute Gasteiger partial charge is 0.271 e. The molecule has 1 atom stereocenters. The third kappa shape index (κ3) is 5.64. The van der Waals surface area contributed by atoms with Gasteiger partial charge in [0, 0.05) is 16.8 Å². The van der Waals surface area contributed by atoms with Crippen molar-refractivity contribution in [2.75, 3.05) is 0 Å². The van der Waals surface area contributed by atoms with E-state index in [9.17, 15) is 9.59 Å². The summed E-state index contributed by atoms with van der Waals surface area (Å²) in [6.45, 7) is 5.83. The molecule has 6 heteroatoms. The molecule has 5 nitrogen and oxygen atoms in total. The maximum absolute atomic E-state index is 12.7. The Labute approximate surface area is 171 Å². The molecule has 3 rings (SSSR count). The quantitative estimate of drug-likeness (QED) is 0.762. The van der Waals surface area contributed by atoms with Crippen molar-refractivity contribution < 1.29 is 9.59 Å². The predicted molar refractivity (Wildman–Crippen MR) is 112 cm³/mol. The van der Waals surface area contributed by atoms with Gasteiger partial charge in [-0.1, -0.05) is 43.2 Å². The molecular formula is C22H29N3O2S. The topological polar surface area (TPSA) is 71.1 Å². The predicted octanol–water partition coefficient (Wildman–Crippen LogP) is 4.26. The summed E-state index contributed by atoms with van der Waals surface area (Å²) in [5.74, 6) is 0.0202. The van der Waals surface area contributed by atoms with Gasteiger partial charge in [0.25, 0.3) is 5.91 Å². The molecule has 0 saturated heterocycles. The number of carbonyl (C=O) groups excluding carboxylic acids is 2. The van der Waals surface area contributed by atoms with Crippen molar-refractivity contribution in [3.05, 3.63) is 52.0 Å². The number of thiazole rings is 1. The number of hydrogen-bond acceptors (Lipinski definition) is 4. The van der Waals surface area contributed by atoms with E-state index < -0.39 is 0 Å². The van der Waals surface area contributed by atoms with Crippen LogP contribution >= 0.6 is 11.3 Å². The maximum Gasteiger partial charge on any atom is 0.271 e. The Balaban J connectivity index is 1.78. The Hall–Kier alpha value is -2.21. The van der Waals surface area contributed by atoms with Gasteiger partial charge in [-0.25, -0.2) is 4.98 Å². The van der Waals surface area contributed by atoms with Crippen molar-refractivity contribution in [2.45, 2.75) is 64.5 Å². The number of amides is 2. The lowest BCUT2D eigenvalue weighted by atomic mass is 10.0. The van der Waals surface area contributed by atoms with Crippen molar-refractivity contribution in [3.63, 3.8) is 0 Å². The number of rotatable bonds is 6. The van der Waals surface area contributed by atoms with Gasteiger partial charge in [-0.15, -0.1) is 11.3 Å². The van der Waals surface area contributed by atoms with Crippen molar-refractivity contribution in [1.29, 1.82) is 0 Å². The largest absolute Gasteiger partial charge is 0.346 e. The summed E-state index contributed by atoms with van der Waals surface area (Å²) in [6, 6.07) is 9.85. The molecule has 2 N–H and O–H groups in total. The summed E-state index contributed by atoms with van der Waals surface area (Å²) >= 11 is 1.43. The van der Waals surface area contributed by atoms with Crippen LogP contribution in [-0.2, 0) is 11.2 Å². The lowest BCUT2D eigenvalue weighted by Gasteiger charge is -2.20. The number of benzene rings is 1. The molecule has 0 unspecified atom stereocenters. The second-order valence-corrected chi connectivity index (χ2v) is 9.40. The minimum absolute atomic E-state index is 0.0990. The van der Waals surface area contributed by atoms with Gasteiger partial charge in [-0.05, 0) is 45.6 Å². The van der Waals surface area contributed by atoms with E-state index in [1.54, 1.807) is 5.38 Å². The zero-order chi connectivity index (χ0) is 20.1. The summed E-state index contributed by atoms with van der Waals surface area (Å²) in [5, 5.41) is 8.69. The highest BCUT2D eigenvalue weighted by molar-refractivity contribution is 7.09. The SMILES string of the molecule is CC(C)(C)NC(=O)c1csc([C@H](Cc2ccccc2)NC(=O)C2CCCC2)n1. The van der Waals surface area contributed by atoms with E-state index in [0.717, 1.165) is 36.3 Å². The van der Waals surface area contributed by atoms with Crippen LogP contribution in [0.5, 0.6) is 0 Å². The molecule has 1 aliphatic carbocycles. The van der Waals surface area contributed by atoms with Crippen LogP contribution in [0.3, 0.4) is 0 Å². The Morgan fingerprint density at radius 3 is 2.50 bits per heavy atom. The van der Waals surface area contributed by atoms with Crippen LogP contribution in [0.4, 0.5) is 0 Å². The molecule has 1 aromatic heterocycles. The van der Waals surface area contributed by atoms with E-state index in [0.29, 0.717) is 12.1 Å². The lowest BCUT2D eigenvalue weighted by Crippen LogP contribution is -2.40. The van der Waals surface area contributed by atoms with Gasteiger partial charge in [-0.2, -0.15) is 0 Å². The maximum atomic E-state index is 12.7. The Kier molecular flexibility index (Phi) is 6.50. The fraction of sp³-hybridized carbons (Fsp3) is 0.500. The number of hydrogen-bond donors (Lipinski definition) is 2. The molecule has 1 fully saturated rings. The van der Waals surface area contributed by atoms with Gasteiger partial charge >= 0.3 is 0 Å². The van der Waals surface area contributed by atoms with Crippen LogP contribution in [0.2, 0.25) is 0 Å². The van der Waals surface area contributed by atoms with Gasteiger partial charge < -0.3 is 10.6 Å². The molecule has 0 spiro atoms. The zero-order valence-corrected chi connectivity index (χ0v) is 17.6. The standard InChI is InChI=1S/C22H29N3O2S/c1-22(2,3)25-20(27)18-14-28-21(24-18)17(13-15-9-5-4-6-10-15)23-19(26)16-11-7-8-12-16/h4-6,9-10,14,16-17H,7-8,11-13H2,1-3H3,(H,23,26)(H,25,27)/t17-/m0/s1. The molecule has 28 heavy (non-hydrogen) atoms. The number of aromatic nitrogens is 1. The first kappa shape index (κ1) is 20.5. The van der Waals surface area contributed by atoms with Gasteiger partial charge in [-0.3, -0.25) is 9.59 Å².